The van der Waals surface area contributed by atoms with Crippen molar-refractivity contribution in [3.05, 3.63) is 71.8 Å². The lowest BCUT2D eigenvalue weighted by Gasteiger charge is -2.19. The highest BCUT2D eigenvalue weighted by Crippen LogP contribution is 2.11. The number of carbonyl (C=O) groups excluding carboxylic acids is 3. The summed E-state index contributed by atoms with van der Waals surface area (Å²) in [4.78, 5) is 54.4. The molecule has 0 saturated carbocycles. The summed E-state index contributed by atoms with van der Waals surface area (Å²) in [6, 6.07) is 15.8. The van der Waals surface area contributed by atoms with E-state index in [1.165, 1.54) is 0 Å². The number of hydrogen-bond acceptors (Lipinski definition) is 7. The summed E-state index contributed by atoms with van der Waals surface area (Å²) in [5, 5.41) is 9.28. The highest BCUT2D eigenvalue weighted by atomic mass is 16.7. The summed E-state index contributed by atoms with van der Waals surface area (Å²) in [5.41, 5.74) is 3.56. The van der Waals surface area contributed by atoms with Gasteiger partial charge in [0.2, 0.25) is 12.0 Å². The Hall–Kier alpha value is -3.65. The molecule has 2 aromatic carbocycles. The third kappa shape index (κ3) is 7.40. The molecule has 2 atom stereocenters. The summed E-state index contributed by atoms with van der Waals surface area (Å²) in [7, 11) is 0. The number of ether oxygens (including phenoxy) is 1. The summed E-state index contributed by atoms with van der Waals surface area (Å²) in [6.07, 6.45) is -0.428. The van der Waals surface area contributed by atoms with E-state index in [0.29, 0.717) is 5.56 Å². The second kappa shape index (κ2) is 12.0. The number of carboxylic acids is 1. The van der Waals surface area contributed by atoms with Gasteiger partial charge in [0.15, 0.2) is 17.9 Å². The number of carboxylic acid groups (broad SMARTS) is 1. The molecule has 0 bridgehead atoms. The molecule has 0 aromatic heterocycles. The van der Waals surface area contributed by atoms with Gasteiger partial charge in [-0.3, -0.25) is 14.4 Å². The number of carbonyl (C=O) groups is 3. The van der Waals surface area contributed by atoms with Gasteiger partial charge in [0.1, 0.15) is 6.61 Å². The number of ketones is 1. The molecular formula is C21H20N2O7. The lowest BCUT2D eigenvalue weighted by atomic mass is 10.1. The quantitative estimate of drug-likeness (QED) is 0.304. The van der Waals surface area contributed by atoms with Gasteiger partial charge in [0, 0.05) is 0 Å². The number of Topliss-reactive ketones (excluding diaryl/α,β-unsaturated/α-hetero) is 1. The molecule has 9 nitrogen and oxygen atoms in total. The number of isocyanates is 1. The number of nitrogens with one attached hydrogen (secondary N) is 1. The Bertz CT molecular complexity index is 894. The number of nitrogens with zero attached hydrogens (tertiary/aromatic N) is 1. The van der Waals surface area contributed by atoms with E-state index in [2.05, 4.69) is 10.5 Å². The Labute approximate surface area is 172 Å². The highest BCUT2D eigenvalue weighted by Gasteiger charge is 2.35. The largest absolute Gasteiger partial charge is 0.480 e. The van der Waals surface area contributed by atoms with E-state index in [9.17, 15) is 24.3 Å². The van der Waals surface area contributed by atoms with Crippen molar-refractivity contribution in [3.8, 4) is 0 Å². The average Bonchev–Trinajstić information content (AvgIpc) is 2.74. The Balaban J connectivity index is 1.96. The molecule has 1 amide bonds. The van der Waals surface area contributed by atoms with Crippen molar-refractivity contribution in [1.82, 2.24) is 5.48 Å². The number of benzene rings is 2. The van der Waals surface area contributed by atoms with Gasteiger partial charge in [0.05, 0.1) is 13.0 Å². The van der Waals surface area contributed by atoms with E-state index in [0.717, 1.165) is 11.6 Å². The van der Waals surface area contributed by atoms with Gasteiger partial charge in [-0.1, -0.05) is 60.7 Å². The summed E-state index contributed by atoms with van der Waals surface area (Å²) < 4.78 is 5.42. The molecule has 0 aliphatic heterocycles. The van der Waals surface area contributed by atoms with E-state index in [-0.39, 0.29) is 13.0 Å². The molecule has 30 heavy (non-hydrogen) atoms. The Morgan fingerprint density at radius 3 is 2.17 bits per heavy atom. The average molecular weight is 412 g/mol. The molecule has 156 valence electrons. The van der Waals surface area contributed by atoms with Crippen LogP contribution in [0.1, 0.15) is 11.1 Å². The molecule has 2 unspecified atom stereocenters. The molecule has 2 rings (SSSR count). The zero-order valence-corrected chi connectivity index (χ0v) is 15.9. The predicted octanol–water partition coefficient (Wildman–Crippen LogP) is 1.22. The number of hydroxylamine groups is 1. The molecular weight excluding hydrogens is 392 g/mol. The molecule has 0 fully saturated rings. The lowest BCUT2D eigenvalue weighted by Crippen LogP contribution is -2.43. The van der Waals surface area contributed by atoms with E-state index < -0.39 is 36.4 Å². The first kappa shape index (κ1) is 22.6. The van der Waals surface area contributed by atoms with Crippen LogP contribution in [-0.2, 0) is 41.8 Å². The number of amides is 1. The topological polar surface area (TPSA) is 131 Å². The highest BCUT2D eigenvalue weighted by molar-refractivity contribution is 5.91. The second-order valence-corrected chi connectivity index (χ2v) is 6.16. The molecule has 2 aromatic rings. The van der Waals surface area contributed by atoms with Crippen molar-refractivity contribution < 1.29 is 33.9 Å². The van der Waals surface area contributed by atoms with Crippen molar-refractivity contribution in [3.63, 3.8) is 0 Å². The van der Waals surface area contributed by atoms with Crippen molar-refractivity contribution in [2.45, 2.75) is 25.2 Å². The molecule has 2 N–H and O–H groups in total. The van der Waals surface area contributed by atoms with Crippen molar-refractivity contribution >= 4 is 23.7 Å². The van der Waals surface area contributed by atoms with Crippen LogP contribution in [0.3, 0.4) is 0 Å². The molecule has 9 heteroatoms. The van der Waals surface area contributed by atoms with Crippen LogP contribution in [0.4, 0.5) is 0 Å². The van der Waals surface area contributed by atoms with Gasteiger partial charge in [-0.2, -0.15) is 4.99 Å². The monoisotopic (exact) mass is 412 g/mol. The maximum atomic E-state index is 12.5. The zero-order chi connectivity index (χ0) is 21.8. The Morgan fingerprint density at radius 1 is 1.00 bits per heavy atom. The third-order valence-corrected chi connectivity index (χ3v) is 3.93. The first-order chi connectivity index (χ1) is 14.5. The van der Waals surface area contributed by atoms with Crippen LogP contribution >= 0.6 is 0 Å². The van der Waals surface area contributed by atoms with E-state index in [1.54, 1.807) is 54.6 Å². The zero-order valence-electron chi connectivity index (χ0n) is 15.9. The lowest BCUT2D eigenvalue weighted by molar-refractivity contribution is -0.153. The van der Waals surface area contributed by atoms with Crippen LogP contribution in [0.15, 0.2) is 65.7 Å². The van der Waals surface area contributed by atoms with E-state index in [4.69, 9.17) is 9.57 Å². The van der Waals surface area contributed by atoms with Gasteiger partial charge < -0.3 is 9.84 Å². The van der Waals surface area contributed by atoms with Gasteiger partial charge >= 0.3 is 5.97 Å². The maximum Gasteiger partial charge on any atom is 0.332 e. The van der Waals surface area contributed by atoms with Crippen LogP contribution in [-0.4, -0.2) is 47.6 Å². The Morgan fingerprint density at radius 2 is 1.60 bits per heavy atom. The first-order valence-corrected chi connectivity index (χ1v) is 8.94. The first-order valence-electron chi connectivity index (χ1n) is 8.94. The van der Waals surface area contributed by atoms with Crippen molar-refractivity contribution in [2.75, 3.05) is 6.61 Å². The Kier molecular flexibility index (Phi) is 9.08. The van der Waals surface area contributed by atoms with Crippen molar-refractivity contribution in [2.24, 2.45) is 4.99 Å². The fraction of sp³-hybridized carbons (Fsp3) is 0.238. The van der Waals surface area contributed by atoms with Crippen LogP contribution in [0.25, 0.3) is 0 Å². The SMILES string of the molecule is O=C=NC(C(=O)O)C(OCc1ccccc1)C(=O)CONC(=O)Cc1ccccc1. The van der Waals surface area contributed by atoms with Crippen molar-refractivity contribution in [1.29, 1.82) is 0 Å². The minimum Gasteiger partial charge on any atom is -0.480 e. The van der Waals surface area contributed by atoms with Gasteiger partial charge in [-0.05, 0) is 11.1 Å². The second-order valence-electron chi connectivity index (χ2n) is 6.16. The molecule has 0 saturated heterocycles. The predicted molar refractivity (Wildman–Crippen MR) is 104 cm³/mol. The number of aliphatic carboxylic acids is 1. The molecule has 0 heterocycles. The van der Waals surface area contributed by atoms with Gasteiger partial charge in [0.25, 0.3) is 0 Å². The van der Waals surface area contributed by atoms with E-state index in [1.807, 2.05) is 6.07 Å². The van der Waals surface area contributed by atoms with Gasteiger partial charge in [-0.15, -0.1) is 0 Å². The number of rotatable bonds is 12. The molecule has 0 aliphatic rings. The minimum atomic E-state index is -1.79. The van der Waals surface area contributed by atoms with Crippen LogP contribution < -0.4 is 5.48 Å². The standard InChI is InChI=1S/C21H20N2O7/c24-14-22-19(21(27)28)20(29-12-16-9-5-2-6-10-16)17(25)13-30-23-18(26)11-15-7-3-1-4-8-15/h1-10,19-20H,11-13H2,(H,23,26)(H,27,28). The molecule has 0 aliphatic carbocycles. The number of hydrogen-bond donors (Lipinski definition) is 2. The fourth-order valence-electron chi connectivity index (χ4n) is 2.52. The van der Waals surface area contributed by atoms with Gasteiger partial charge in [-0.25, -0.2) is 15.1 Å². The summed E-state index contributed by atoms with van der Waals surface area (Å²) >= 11 is 0. The molecule has 0 spiro atoms. The number of aliphatic imine (C=N–C) groups is 1. The summed E-state index contributed by atoms with van der Waals surface area (Å²) in [6.45, 7) is -0.756. The summed E-state index contributed by atoms with van der Waals surface area (Å²) in [5.74, 6) is -2.83. The van der Waals surface area contributed by atoms with Crippen LogP contribution in [0.5, 0.6) is 0 Å². The fourth-order valence-corrected chi connectivity index (χ4v) is 2.52. The molecule has 0 radical (unpaired) electrons. The minimum absolute atomic E-state index is 0.0378. The third-order valence-electron chi connectivity index (χ3n) is 3.93. The van der Waals surface area contributed by atoms with Crippen LogP contribution in [0.2, 0.25) is 0 Å². The smallest absolute Gasteiger partial charge is 0.332 e. The normalized spacial score (nSPS) is 12.3. The van der Waals surface area contributed by atoms with Crippen LogP contribution in [0, 0.1) is 0 Å². The maximum absolute atomic E-state index is 12.5. The van der Waals surface area contributed by atoms with E-state index >= 15 is 0 Å².